The van der Waals surface area contributed by atoms with E-state index in [2.05, 4.69) is 46.4 Å². The summed E-state index contributed by atoms with van der Waals surface area (Å²) in [6, 6.07) is 12.9. The molecule has 2 atom stereocenters. The van der Waals surface area contributed by atoms with Gasteiger partial charge in [-0.15, -0.1) is 0 Å². The number of nitrogens with zero attached hydrogens (tertiary/aromatic N) is 2. The van der Waals surface area contributed by atoms with E-state index < -0.39 is 11.6 Å². The average molecular weight is 449 g/mol. The second kappa shape index (κ2) is 9.10. The Morgan fingerprint density at radius 2 is 1.91 bits per heavy atom. The van der Waals surface area contributed by atoms with E-state index >= 15 is 0 Å². The molecule has 6 heteroatoms. The summed E-state index contributed by atoms with van der Waals surface area (Å²) < 4.78 is 28.4. The molecule has 0 amide bonds. The van der Waals surface area contributed by atoms with Crippen LogP contribution in [0.25, 0.3) is 22.2 Å². The Balaban J connectivity index is 1.53. The molecule has 1 aromatic heterocycles. The first-order valence-electron chi connectivity index (χ1n) is 11.7. The highest BCUT2D eigenvalue weighted by Crippen LogP contribution is 2.39. The quantitative estimate of drug-likeness (QED) is 0.527. The van der Waals surface area contributed by atoms with Crippen LogP contribution in [0.2, 0.25) is 0 Å². The standard InChI is InChI=1S/C27H30F2N4/c1-17-22-16-33(15-20(22)9-11-31-17)27-14-25(32-26-13-24(29)23(28)12-21(26)27)19-7-5-18(6-8-19)4-3-10-30-2/h5-8,12-14,20,22,30-31H,1,3-4,9-11,15-16H2,2H3. The smallest absolute Gasteiger partial charge is 0.161 e. The third kappa shape index (κ3) is 4.32. The number of aromatic nitrogens is 1. The van der Waals surface area contributed by atoms with Crippen molar-refractivity contribution in [2.45, 2.75) is 19.3 Å². The number of anilines is 1. The summed E-state index contributed by atoms with van der Waals surface area (Å²) in [6.07, 6.45) is 3.18. The monoisotopic (exact) mass is 448 g/mol. The molecule has 2 aromatic carbocycles. The van der Waals surface area contributed by atoms with E-state index in [1.165, 1.54) is 17.7 Å². The fourth-order valence-corrected chi connectivity index (χ4v) is 5.23. The van der Waals surface area contributed by atoms with E-state index in [1.54, 1.807) is 0 Å². The highest BCUT2D eigenvalue weighted by Gasteiger charge is 2.37. The van der Waals surface area contributed by atoms with Gasteiger partial charge >= 0.3 is 0 Å². The van der Waals surface area contributed by atoms with Gasteiger partial charge in [0.1, 0.15) is 0 Å². The highest BCUT2D eigenvalue weighted by molar-refractivity contribution is 5.94. The number of hydrogen-bond donors (Lipinski definition) is 2. The van der Waals surface area contributed by atoms with Crippen LogP contribution in [0.4, 0.5) is 14.5 Å². The predicted molar refractivity (Wildman–Crippen MR) is 130 cm³/mol. The van der Waals surface area contributed by atoms with Gasteiger partial charge in [-0.1, -0.05) is 30.8 Å². The van der Waals surface area contributed by atoms with Gasteiger partial charge in [-0.3, -0.25) is 0 Å². The summed E-state index contributed by atoms with van der Waals surface area (Å²) in [5.74, 6) is -0.822. The third-order valence-electron chi connectivity index (χ3n) is 7.07. The normalized spacial score (nSPS) is 20.2. The maximum absolute atomic E-state index is 14.2. The van der Waals surface area contributed by atoms with Crippen molar-refractivity contribution >= 4 is 16.6 Å². The number of benzene rings is 2. The van der Waals surface area contributed by atoms with E-state index in [9.17, 15) is 8.78 Å². The zero-order chi connectivity index (χ0) is 22.9. The summed E-state index contributed by atoms with van der Waals surface area (Å²) in [7, 11) is 1.96. The molecule has 0 aliphatic carbocycles. The van der Waals surface area contributed by atoms with Crippen molar-refractivity contribution in [2.24, 2.45) is 11.8 Å². The molecule has 2 aliphatic rings. The van der Waals surface area contributed by atoms with Gasteiger partial charge in [0.25, 0.3) is 0 Å². The zero-order valence-corrected chi connectivity index (χ0v) is 19.0. The number of aryl methyl sites for hydroxylation is 1. The molecule has 172 valence electrons. The number of rotatable bonds is 6. The Morgan fingerprint density at radius 3 is 2.67 bits per heavy atom. The van der Waals surface area contributed by atoms with Gasteiger partial charge in [-0.2, -0.15) is 0 Å². The highest BCUT2D eigenvalue weighted by atomic mass is 19.2. The predicted octanol–water partition coefficient (Wildman–Crippen LogP) is 4.89. The maximum Gasteiger partial charge on any atom is 0.161 e. The summed E-state index contributed by atoms with van der Waals surface area (Å²) in [6.45, 7) is 7.84. The Hall–Kier alpha value is -2.99. The summed E-state index contributed by atoms with van der Waals surface area (Å²) in [5, 5.41) is 7.22. The molecule has 2 saturated heterocycles. The molecular formula is C27H30F2N4. The van der Waals surface area contributed by atoms with E-state index in [0.29, 0.717) is 22.7 Å². The van der Waals surface area contributed by atoms with Gasteiger partial charge in [0.2, 0.25) is 0 Å². The second-order valence-corrected chi connectivity index (χ2v) is 9.23. The third-order valence-corrected chi connectivity index (χ3v) is 7.07. The lowest BCUT2D eigenvalue weighted by molar-refractivity contribution is 0.372. The fraction of sp³-hybridized carbons (Fsp3) is 0.370. The van der Waals surface area contributed by atoms with E-state index in [0.717, 1.165) is 68.1 Å². The van der Waals surface area contributed by atoms with Gasteiger partial charge in [-0.25, -0.2) is 13.8 Å². The summed E-state index contributed by atoms with van der Waals surface area (Å²) in [4.78, 5) is 7.01. The van der Waals surface area contributed by atoms with Crippen molar-refractivity contribution in [3.8, 4) is 11.3 Å². The lowest BCUT2D eigenvalue weighted by atomic mass is 9.87. The van der Waals surface area contributed by atoms with Crippen molar-refractivity contribution in [3.63, 3.8) is 0 Å². The Morgan fingerprint density at radius 1 is 1.12 bits per heavy atom. The van der Waals surface area contributed by atoms with Gasteiger partial charge in [0.15, 0.2) is 11.6 Å². The Bertz CT molecular complexity index is 1170. The molecule has 0 spiro atoms. The van der Waals surface area contributed by atoms with Gasteiger partial charge in [-0.05, 0) is 56.5 Å². The molecule has 2 unspecified atom stereocenters. The lowest BCUT2D eigenvalue weighted by Gasteiger charge is -2.27. The largest absolute Gasteiger partial charge is 0.389 e. The molecule has 2 N–H and O–H groups in total. The molecule has 3 heterocycles. The molecule has 33 heavy (non-hydrogen) atoms. The maximum atomic E-state index is 14.2. The molecule has 3 aromatic rings. The van der Waals surface area contributed by atoms with Gasteiger partial charge in [0, 0.05) is 54.0 Å². The molecule has 0 bridgehead atoms. The topological polar surface area (TPSA) is 40.2 Å². The molecule has 5 rings (SSSR count). The van der Waals surface area contributed by atoms with Crippen molar-refractivity contribution < 1.29 is 8.78 Å². The van der Waals surface area contributed by atoms with Gasteiger partial charge in [0.05, 0.1) is 11.2 Å². The van der Waals surface area contributed by atoms with Crippen LogP contribution in [-0.2, 0) is 6.42 Å². The van der Waals surface area contributed by atoms with E-state index in [-0.39, 0.29) is 0 Å². The van der Waals surface area contributed by atoms with E-state index in [1.807, 2.05) is 13.1 Å². The summed E-state index contributed by atoms with van der Waals surface area (Å²) in [5.41, 5.74) is 5.50. The first kappa shape index (κ1) is 21.8. The van der Waals surface area contributed by atoms with Crippen LogP contribution in [-0.4, -0.2) is 38.2 Å². The molecule has 4 nitrogen and oxygen atoms in total. The minimum Gasteiger partial charge on any atom is -0.389 e. The van der Waals surface area contributed by atoms with Crippen molar-refractivity contribution in [1.29, 1.82) is 0 Å². The fourth-order valence-electron chi connectivity index (χ4n) is 5.23. The van der Waals surface area contributed by atoms with Crippen LogP contribution in [0.5, 0.6) is 0 Å². The SMILES string of the molecule is C=C1NCCC2CN(c3cc(-c4ccc(CCCNC)cc4)nc4cc(F)c(F)cc34)CC12. The number of nitrogens with one attached hydrogen (secondary N) is 2. The van der Waals surface area contributed by atoms with Crippen LogP contribution >= 0.6 is 0 Å². The lowest BCUT2D eigenvalue weighted by Crippen LogP contribution is -2.33. The number of halogens is 2. The number of pyridine rings is 1. The second-order valence-electron chi connectivity index (χ2n) is 9.23. The van der Waals surface area contributed by atoms with Crippen LogP contribution in [0.3, 0.4) is 0 Å². The molecular weight excluding hydrogens is 418 g/mol. The number of piperidine rings is 1. The minimum atomic E-state index is -0.870. The van der Waals surface area contributed by atoms with Crippen molar-refractivity contribution in [1.82, 2.24) is 15.6 Å². The summed E-state index contributed by atoms with van der Waals surface area (Å²) >= 11 is 0. The molecule has 0 radical (unpaired) electrons. The molecule has 2 fully saturated rings. The van der Waals surface area contributed by atoms with Crippen LogP contribution < -0.4 is 15.5 Å². The molecule has 0 saturated carbocycles. The zero-order valence-electron chi connectivity index (χ0n) is 19.0. The molecule has 2 aliphatic heterocycles. The van der Waals surface area contributed by atoms with Crippen LogP contribution in [0, 0.1) is 23.5 Å². The Labute approximate surface area is 193 Å². The van der Waals surface area contributed by atoms with Gasteiger partial charge < -0.3 is 15.5 Å². The number of fused-ring (bicyclic) bond motifs is 2. The van der Waals surface area contributed by atoms with Crippen molar-refractivity contribution in [3.05, 3.63) is 71.9 Å². The van der Waals surface area contributed by atoms with Crippen LogP contribution in [0.1, 0.15) is 18.4 Å². The van der Waals surface area contributed by atoms with Crippen molar-refractivity contribution in [2.75, 3.05) is 38.1 Å². The van der Waals surface area contributed by atoms with E-state index in [4.69, 9.17) is 4.98 Å². The van der Waals surface area contributed by atoms with Crippen LogP contribution in [0.15, 0.2) is 54.7 Å². The average Bonchev–Trinajstić information content (AvgIpc) is 3.26. The number of hydrogen-bond acceptors (Lipinski definition) is 4. The first-order valence-corrected chi connectivity index (χ1v) is 11.7. The first-order chi connectivity index (χ1) is 16.0. The Kier molecular flexibility index (Phi) is 6.02. The minimum absolute atomic E-state index is 0.368.